The number of hydrogen-bond donors (Lipinski definition) is 1. The van der Waals surface area contributed by atoms with Gasteiger partial charge in [0.2, 0.25) is 0 Å². The molecule has 0 fully saturated rings. The summed E-state index contributed by atoms with van der Waals surface area (Å²) < 4.78 is 6.78. The summed E-state index contributed by atoms with van der Waals surface area (Å²) in [6, 6.07) is 18.6. The Morgan fingerprint density at radius 2 is 1.89 bits per heavy atom. The molecule has 0 atom stereocenters. The molecule has 0 radical (unpaired) electrons. The first-order valence-electron chi connectivity index (χ1n) is 8.03. The Kier molecular flexibility index (Phi) is 6.57. The van der Waals surface area contributed by atoms with Crippen LogP contribution >= 0.6 is 27.5 Å². The van der Waals surface area contributed by atoms with E-state index in [4.69, 9.17) is 16.3 Å². The van der Waals surface area contributed by atoms with Gasteiger partial charge >= 0.3 is 0 Å². The van der Waals surface area contributed by atoms with Gasteiger partial charge in [0.05, 0.1) is 11.8 Å². The summed E-state index contributed by atoms with van der Waals surface area (Å²) in [4.78, 5) is 15.8. The van der Waals surface area contributed by atoms with Crippen LogP contribution < -0.4 is 10.2 Å². The molecule has 3 rings (SSSR count). The van der Waals surface area contributed by atoms with Gasteiger partial charge in [0, 0.05) is 10.7 Å². The highest BCUT2D eigenvalue weighted by Gasteiger charge is 2.09. The number of hydrogen-bond acceptors (Lipinski definition) is 4. The van der Waals surface area contributed by atoms with Crippen molar-refractivity contribution in [1.29, 1.82) is 0 Å². The van der Waals surface area contributed by atoms with Gasteiger partial charge < -0.3 is 4.74 Å². The number of ether oxygens (including phenoxy) is 1. The Balaban J connectivity index is 1.52. The third-order valence-corrected chi connectivity index (χ3v) is 4.41. The zero-order valence-corrected chi connectivity index (χ0v) is 16.4. The lowest BCUT2D eigenvalue weighted by Gasteiger charge is -2.06. The molecule has 0 saturated carbocycles. The monoisotopic (exact) mass is 443 g/mol. The van der Waals surface area contributed by atoms with Gasteiger partial charge in [0.25, 0.3) is 5.91 Å². The first-order valence-corrected chi connectivity index (χ1v) is 9.20. The summed E-state index contributed by atoms with van der Waals surface area (Å²) in [5.74, 6) is 0.333. The number of hydrazone groups is 1. The Morgan fingerprint density at radius 3 is 2.59 bits per heavy atom. The van der Waals surface area contributed by atoms with Gasteiger partial charge in [-0.1, -0.05) is 39.7 Å². The van der Waals surface area contributed by atoms with Gasteiger partial charge in [-0.2, -0.15) is 5.10 Å². The second-order valence-corrected chi connectivity index (χ2v) is 6.80. The number of carbonyl (C=O) groups excluding carboxylic acids is 1. The summed E-state index contributed by atoms with van der Waals surface area (Å²) in [7, 11) is 0. The van der Waals surface area contributed by atoms with E-state index >= 15 is 0 Å². The van der Waals surface area contributed by atoms with E-state index < -0.39 is 5.91 Å². The molecule has 0 unspecified atom stereocenters. The van der Waals surface area contributed by atoms with Crippen LogP contribution in [0.1, 0.15) is 21.5 Å². The van der Waals surface area contributed by atoms with E-state index in [2.05, 4.69) is 31.4 Å². The van der Waals surface area contributed by atoms with Crippen molar-refractivity contribution in [3.8, 4) is 5.75 Å². The summed E-state index contributed by atoms with van der Waals surface area (Å²) in [6.45, 7) is 0.489. The Bertz CT molecular complexity index is 944. The van der Waals surface area contributed by atoms with E-state index in [1.807, 2.05) is 48.5 Å². The molecule has 0 aliphatic carbocycles. The molecular formula is C20H15BrClN3O2. The van der Waals surface area contributed by atoms with Crippen LogP contribution in [0.3, 0.4) is 0 Å². The molecule has 1 aromatic heterocycles. The number of pyridine rings is 1. The summed E-state index contributed by atoms with van der Waals surface area (Å²) in [5, 5.41) is 4.07. The second kappa shape index (κ2) is 9.30. The molecule has 27 heavy (non-hydrogen) atoms. The van der Waals surface area contributed by atoms with Gasteiger partial charge in [-0.15, -0.1) is 0 Å². The van der Waals surface area contributed by atoms with E-state index in [1.54, 1.807) is 18.3 Å². The van der Waals surface area contributed by atoms with Crippen LogP contribution in [0.5, 0.6) is 5.75 Å². The third kappa shape index (κ3) is 5.64. The average molecular weight is 445 g/mol. The number of nitrogens with one attached hydrogen (secondary N) is 1. The van der Waals surface area contributed by atoms with E-state index in [-0.39, 0.29) is 10.7 Å². The van der Waals surface area contributed by atoms with Crippen molar-refractivity contribution in [3.05, 3.63) is 93.2 Å². The fourth-order valence-electron chi connectivity index (χ4n) is 2.18. The highest BCUT2D eigenvalue weighted by atomic mass is 79.9. The van der Waals surface area contributed by atoms with Crippen molar-refractivity contribution >= 4 is 39.7 Å². The Labute approximate surface area is 170 Å². The highest BCUT2D eigenvalue weighted by Crippen LogP contribution is 2.15. The minimum absolute atomic E-state index is 0.137. The number of benzene rings is 2. The summed E-state index contributed by atoms with van der Waals surface area (Å²) in [6.07, 6.45) is 3.06. The predicted molar refractivity (Wildman–Crippen MR) is 109 cm³/mol. The van der Waals surface area contributed by atoms with Crippen LogP contribution in [0.2, 0.25) is 5.15 Å². The minimum atomic E-state index is -0.418. The van der Waals surface area contributed by atoms with E-state index in [9.17, 15) is 4.79 Å². The van der Waals surface area contributed by atoms with Gasteiger partial charge in [-0.05, 0) is 59.7 Å². The van der Waals surface area contributed by atoms with Crippen LogP contribution in [-0.4, -0.2) is 17.1 Å². The molecule has 5 nitrogen and oxygen atoms in total. The molecule has 0 bridgehead atoms. The maximum atomic E-state index is 12.0. The molecule has 1 heterocycles. The number of rotatable bonds is 6. The molecule has 3 aromatic rings. The Hall–Kier alpha value is -2.70. The molecule has 2 aromatic carbocycles. The van der Waals surface area contributed by atoms with Crippen LogP contribution in [0, 0.1) is 0 Å². The summed E-state index contributed by atoms with van der Waals surface area (Å²) in [5.41, 5.74) is 4.60. The lowest BCUT2D eigenvalue weighted by atomic mass is 10.2. The molecule has 0 aliphatic heterocycles. The lowest BCUT2D eigenvalue weighted by Crippen LogP contribution is -2.18. The number of aromatic nitrogens is 1. The standard InChI is InChI=1S/C20H15BrClN3O2/c21-16-7-3-15(4-8-16)13-27-17-9-5-14(6-10-17)12-24-25-20(26)18-2-1-11-23-19(18)22/h1-12H,13H2,(H,25,26). The van der Waals surface area contributed by atoms with Crippen molar-refractivity contribution in [1.82, 2.24) is 10.4 Å². The smallest absolute Gasteiger partial charge is 0.274 e. The number of nitrogens with zero attached hydrogens (tertiary/aromatic N) is 2. The minimum Gasteiger partial charge on any atom is -0.489 e. The lowest BCUT2D eigenvalue weighted by molar-refractivity contribution is 0.0955. The van der Waals surface area contributed by atoms with Gasteiger partial charge in [0.15, 0.2) is 0 Å². The van der Waals surface area contributed by atoms with E-state index in [0.29, 0.717) is 6.61 Å². The molecule has 0 spiro atoms. The van der Waals surface area contributed by atoms with Gasteiger partial charge in [-0.25, -0.2) is 10.4 Å². The fourth-order valence-corrected chi connectivity index (χ4v) is 2.65. The molecule has 1 amide bonds. The predicted octanol–water partition coefficient (Wildman–Crippen LogP) is 4.84. The third-order valence-electron chi connectivity index (χ3n) is 3.58. The molecule has 0 aliphatic rings. The van der Waals surface area contributed by atoms with Crippen LogP contribution in [-0.2, 0) is 6.61 Å². The maximum absolute atomic E-state index is 12.0. The number of amides is 1. The van der Waals surface area contributed by atoms with Crippen molar-refractivity contribution in [3.63, 3.8) is 0 Å². The highest BCUT2D eigenvalue weighted by molar-refractivity contribution is 9.10. The number of halogens is 2. The average Bonchev–Trinajstić information content (AvgIpc) is 2.69. The zero-order chi connectivity index (χ0) is 19.1. The van der Waals surface area contributed by atoms with Crippen molar-refractivity contribution in [2.75, 3.05) is 0 Å². The SMILES string of the molecule is O=C(NN=Cc1ccc(OCc2ccc(Br)cc2)cc1)c1cccnc1Cl. The van der Waals surface area contributed by atoms with Crippen molar-refractivity contribution < 1.29 is 9.53 Å². The zero-order valence-electron chi connectivity index (χ0n) is 14.1. The molecule has 0 saturated heterocycles. The van der Waals surface area contributed by atoms with Gasteiger partial charge in [-0.3, -0.25) is 4.79 Å². The molecule has 1 N–H and O–H groups in total. The molecule has 136 valence electrons. The van der Waals surface area contributed by atoms with Crippen LogP contribution in [0.4, 0.5) is 0 Å². The van der Waals surface area contributed by atoms with Crippen LogP contribution in [0.15, 0.2) is 76.4 Å². The quantitative estimate of drug-likeness (QED) is 0.336. The Morgan fingerprint density at radius 1 is 1.15 bits per heavy atom. The first kappa shape index (κ1) is 19.1. The molecular weight excluding hydrogens is 430 g/mol. The van der Waals surface area contributed by atoms with E-state index in [1.165, 1.54) is 6.20 Å². The van der Waals surface area contributed by atoms with Crippen LogP contribution in [0.25, 0.3) is 0 Å². The molecule has 7 heteroatoms. The topological polar surface area (TPSA) is 63.6 Å². The van der Waals surface area contributed by atoms with Crippen molar-refractivity contribution in [2.24, 2.45) is 5.10 Å². The van der Waals surface area contributed by atoms with Crippen molar-refractivity contribution in [2.45, 2.75) is 6.61 Å². The second-order valence-electron chi connectivity index (χ2n) is 5.53. The normalized spacial score (nSPS) is 10.7. The summed E-state index contributed by atoms with van der Waals surface area (Å²) >= 11 is 9.28. The first-order chi connectivity index (χ1) is 13.1. The van der Waals surface area contributed by atoms with E-state index in [0.717, 1.165) is 21.3 Å². The van der Waals surface area contributed by atoms with Gasteiger partial charge in [0.1, 0.15) is 17.5 Å². The fraction of sp³-hybridized carbons (Fsp3) is 0.0500. The maximum Gasteiger partial charge on any atom is 0.274 e. The number of carbonyl (C=O) groups is 1. The largest absolute Gasteiger partial charge is 0.489 e.